The van der Waals surface area contributed by atoms with Gasteiger partial charge in [-0.2, -0.15) is 0 Å². The topological polar surface area (TPSA) is 75.1 Å². The molecule has 1 unspecified atom stereocenters. The van der Waals surface area contributed by atoms with Crippen molar-refractivity contribution in [3.8, 4) is 0 Å². The van der Waals surface area contributed by atoms with Gasteiger partial charge in [-0.1, -0.05) is 4.49 Å². The average Bonchev–Trinajstić information content (AvgIpc) is 2.56. The summed E-state index contributed by atoms with van der Waals surface area (Å²) in [4.78, 5) is 11.6. The van der Waals surface area contributed by atoms with Crippen LogP contribution in [0.15, 0.2) is 6.20 Å². The molecule has 5 nitrogen and oxygen atoms in total. The van der Waals surface area contributed by atoms with Gasteiger partial charge in [-0.15, -0.1) is 5.10 Å². The fourth-order valence-electron chi connectivity index (χ4n) is 0.608. The van der Waals surface area contributed by atoms with Gasteiger partial charge in [0.25, 0.3) is 5.91 Å². The summed E-state index contributed by atoms with van der Waals surface area (Å²) < 4.78 is 3.54. The zero-order valence-electron chi connectivity index (χ0n) is 6.52. The Labute approximate surface area is 73.6 Å². The van der Waals surface area contributed by atoms with E-state index in [0.717, 1.165) is 11.5 Å². The van der Waals surface area contributed by atoms with Crippen LogP contribution in [0.4, 0.5) is 0 Å². The van der Waals surface area contributed by atoms with Crippen molar-refractivity contribution in [3.05, 3.63) is 11.1 Å². The van der Waals surface area contributed by atoms with Crippen molar-refractivity contribution in [3.63, 3.8) is 0 Å². The molecule has 1 heterocycles. The lowest BCUT2D eigenvalue weighted by Gasteiger charge is -2.08. The second kappa shape index (κ2) is 4.13. The Bertz CT molecular complexity index is 249. The predicted octanol–water partition coefficient (Wildman–Crippen LogP) is -0.351. The lowest BCUT2D eigenvalue weighted by molar-refractivity contribution is 0.0926. The number of amides is 1. The Kier molecular flexibility index (Phi) is 3.12. The third kappa shape index (κ3) is 2.24. The normalized spacial score (nSPS) is 12.5. The number of aliphatic hydroxyl groups excluding tert-OH is 1. The van der Waals surface area contributed by atoms with Crippen LogP contribution in [0, 0.1) is 0 Å². The second-order valence-electron chi connectivity index (χ2n) is 2.34. The van der Waals surface area contributed by atoms with Gasteiger partial charge in [0.1, 0.15) is 4.88 Å². The Balaban J connectivity index is 2.50. The largest absolute Gasteiger partial charge is 0.394 e. The molecule has 0 bridgehead atoms. The summed E-state index contributed by atoms with van der Waals surface area (Å²) in [5.41, 5.74) is 0. The van der Waals surface area contributed by atoms with Crippen LogP contribution >= 0.6 is 11.5 Å². The standard InChI is InChI=1S/C6H9N3O2S/c1-4(3-10)8-6(11)5-2-7-9-12-5/h2,4,10H,3H2,1H3,(H,8,11). The summed E-state index contributed by atoms with van der Waals surface area (Å²) >= 11 is 1.03. The Morgan fingerprint density at radius 2 is 2.67 bits per heavy atom. The first-order chi connectivity index (χ1) is 5.74. The van der Waals surface area contributed by atoms with Crippen LogP contribution in [0.3, 0.4) is 0 Å². The molecule has 0 saturated heterocycles. The number of nitrogens with one attached hydrogen (secondary N) is 1. The maximum Gasteiger partial charge on any atom is 0.264 e. The van der Waals surface area contributed by atoms with Crippen LogP contribution in [-0.4, -0.2) is 33.2 Å². The molecule has 66 valence electrons. The zero-order chi connectivity index (χ0) is 8.97. The lowest BCUT2D eigenvalue weighted by atomic mass is 10.3. The van der Waals surface area contributed by atoms with E-state index in [4.69, 9.17) is 5.11 Å². The van der Waals surface area contributed by atoms with Gasteiger partial charge in [0, 0.05) is 6.04 Å². The molecular formula is C6H9N3O2S. The third-order valence-electron chi connectivity index (χ3n) is 1.24. The predicted molar refractivity (Wildman–Crippen MR) is 43.9 cm³/mol. The SMILES string of the molecule is CC(CO)NC(=O)c1cnns1. The molecule has 0 aliphatic rings. The number of aromatic nitrogens is 2. The molecule has 0 aliphatic heterocycles. The number of hydrogen-bond acceptors (Lipinski definition) is 5. The highest BCUT2D eigenvalue weighted by Gasteiger charge is 2.10. The van der Waals surface area contributed by atoms with E-state index >= 15 is 0 Å². The first-order valence-electron chi connectivity index (χ1n) is 3.43. The van der Waals surface area contributed by atoms with Gasteiger partial charge in [0.15, 0.2) is 0 Å². The summed E-state index contributed by atoms with van der Waals surface area (Å²) in [5.74, 6) is -0.244. The van der Waals surface area contributed by atoms with E-state index < -0.39 is 0 Å². The fraction of sp³-hybridized carbons (Fsp3) is 0.500. The molecule has 0 fully saturated rings. The minimum absolute atomic E-state index is 0.0715. The highest BCUT2D eigenvalue weighted by Crippen LogP contribution is 2.01. The smallest absolute Gasteiger partial charge is 0.264 e. The van der Waals surface area contributed by atoms with E-state index in [1.54, 1.807) is 6.92 Å². The van der Waals surface area contributed by atoms with E-state index in [1.807, 2.05) is 0 Å². The molecule has 0 aliphatic carbocycles. The van der Waals surface area contributed by atoms with Crippen molar-refractivity contribution >= 4 is 17.4 Å². The molecule has 0 spiro atoms. The number of hydrogen-bond donors (Lipinski definition) is 2. The molecule has 2 N–H and O–H groups in total. The summed E-state index contributed by atoms with van der Waals surface area (Å²) in [6.45, 7) is 1.64. The molecule has 1 aromatic rings. The second-order valence-corrected chi connectivity index (χ2v) is 3.12. The van der Waals surface area contributed by atoms with E-state index in [-0.39, 0.29) is 18.6 Å². The molecule has 0 saturated carbocycles. The highest BCUT2D eigenvalue weighted by atomic mass is 32.1. The quantitative estimate of drug-likeness (QED) is 0.678. The number of rotatable bonds is 3. The minimum Gasteiger partial charge on any atom is -0.394 e. The van der Waals surface area contributed by atoms with Gasteiger partial charge in [-0.25, -0.2) is 0 Å². The minimum atomic E-state index is -0.244. The monoisotopic (exact) mass is 187 g/mol. The van der Waals surface area contributed by atoms with Crippen molar-refractivity contribution in [2.75, 3.05) is 6.61 Å². The van der Waals surface area contributed by atoms with E-state index in [1.165, 1.54) is 6.20 Å². The van der Waals surface area contributed by atoms with E-state index in [0.29, 0.717) is 4.88 Å². The summed E-state index contributed by atoms with van der Waals surface area (Å²) in [6, 6.07) is -0.236. The maximum atomic E-state index is 11.2. The van der Waals surface area contributed by atoms with Crippen molar-refractivity contribution in [1.29, 1.82) is 0 Å². The molecule has 12 heavy (non-hydrogen) atoms. The molecule has 1 aromatic heterocycles. The average molecular weight is 187 g/mol. The van der Waals surface area contributed by atoms with Crippen LogP contribution in [0.2, 0.25) is 0 Å². The number of carbonyl (C=O) groups excluding carboxylic acids is 1. The Hall–Kier alpha value is -1.01. The van der Waals surface area contributed by atoms with Crippen LogP contribution < -0.4 is 5.32 Å². The Morgan fingerprint density at radius 1 is 1.92 bits per heavy atom. The van der Waals surface area contributed by atoms with Gasteiger partial charge < -0.3 is 10.4 Å². The van der Waals surface area contributed by atoms with E-state index in [9.17, 15) is 4.79 Å². The molecule has 1 amide bonds. The van der Waals surface area contributed by atoms with E-state index in [2.05, 4.69) is 14.9 Å². The van der Waals surface area contributed by atoms with Crippen LogP contribution in [-0.2, 0) is 0 Å². The number of carbonyl (C=O) groups is 1. The van der Waals surface area contributed by atoms with Gasteiger partial charge >= 0.3 is 0 Å². The van der Waals surface area contributed by atoms with Gasteiger partial charge in [0.05, 0.1) is 12.8 Å². The van der Waals surface area contributed by atoms with Gasteiger partial charge in [-0.05, 0) is 18.5 Å². The van der Waals surface area contributed by atoms with Gasteiger partial charge in [-0.3, -0.25) is 4.79 Å². The first kappa shape index (κ1) is 9.08. The van der Waals surface area contributed by atoms with Crippen molar-refractivity contribution < 1.29 is 9.90 Å². The molecule has 1 atom stereocenters. The van der Waals surface area contributed by atoms with Gasteiger partial charge in [0.2, 0.25) is 0 Å². The number of aliphatic hydroxyl groups is 1. The van der Waals surface area contributed by atoms with Crippen molar-refractivity contribution in [1.82, 2.24) is 14.9 Å². The molecule has 1 rings (SSSR count). The van der Waals surface area contributed by atoms with Crippen LogP contribution in [0.1, 0.15) is 16.6 Å². The zero-order valence-corrected chi connectivity index (χ0v) is 7.34. The molecular weight excluding hydrogens is 178 g/mol. The summed E-state index contributed by atoms with van der Waals surface area (Å²) in [6.07, 6.45) is 1.39. The van der Waals surface area contributed by atoms with Crippen molar-refractivity contribution in [2.45, 2.75) is 13.0 Å². The molecule has 6 heteroatoms. The Morgan fingerprint density at radius 3 is 3.17 bits per heavy atom. The summed E-state index contributed by atoms with van der Waals surface area (Å²) in [7, 11) is 0. The van der Waals surface area contributed by atoms with Crippen molar-refractivity contribution in [2.24, 2.45) is 0 Å². The highest BCUT2D eigenvalue weighted by molar-refractivity contribution is 7.07. The number of nitrogens with zero attached hydrogens (tertiary/aromatic N) is 2. The lowest BCUT2D eigenvalue weighted by Crippen LogP contribution is -2.34. The first-order valence-corrected chi connectivity index (χ1v) is 4.20. The molecule has 0 aromatic carbocycles. The third-order valence-corrected chi connectivity index (χ3v) is 1.90. The molecule has 0 radical (unpaired) electrons. The maximum absolute atomic E-state index is 11.2. The fourth-order valence-corrected chi connectivity index (χ4v) is 1.03. The summed E-state index contributed by atoms with van der Waals surface area (Å²) in [5, 5.41) is 14.7. The van der Waals surface area contributed by atoms with Crippen LogP contribution in [0.25, 0.3) is 0 Å². The van der Waals surface area contributed by atoms with Crippen LogP contribution in [0.5, 0.6) is 0 Å².